The van der Waals surface area contributed by atoms with E-state index in [1.54, 1.807) is 29.4 Å². The molecular formula is C26H25N5OS3. The number of H-pyrrole nitrogens is 1. The van der Waals surface area contributed by atoms with Crippen molar-refractivity contribution in [3.63, 3.8) is 0 Å². The molecule has 0 saturated carbocycles. The second-order valence-corrected chi connectivity index (χ2v) is 11.4. The van der Waals surface area contributed by atoms with Crippen LogP contribution >= 0.6 is 34.9 Å². The maximum absolute atomic E-state index is 13.5. The summed E-state index contributed by atoms with van der Waals surface area (Å²) in [6.45, 7) is 4.20. The number of carbonyl (C=O) groups excluding carboxylic acids is 1. The molecule has 0 radical (unpaired) electrons. The predicted octanol–water partition coefficient (Wildman–Crippen LogP) is 6.56. The first-order valence-electron chi connectivity index (χ1n) is 11.3. The maximum atomic E-state index is 13.5. The molecule has 0 bridgehead atoms. The largest absolute Gasteiger partial charge is 0.342 e. The molecule has 0 saturated heterocycles. The lowest BCUT2D eigenvalue weighted by Crippen LogP contribution is -2.30. The number of nitrogens with one attached hydrogen (secondary N) is 2. The van der Waals surface area contributed by atoms with E-state index in [0.29, 0.717) is 5.56 Å². The number of benzene rings is 2. The third-order valence-corrected chi connectivity index (χ3v) is 8.76. The van der Waals surface area contributed by atoms with Crippen molar-refractivity contribution in [1.82, 2.24) is 25.3 Å². The Balaban J connectivity index is 1.45. The van der Waals surface area contributed by atoms with Crippen molar-refractivity contribution in [2.24, 2.45) is 0 Å². The highest BCUT2D eigenvalue weighted by Gasteiger charge is 2.22. The molecule has 1 amide bonds. The van der Waals surface area contributed by atoms with Crippen molar-refractivity contribution in [3.05, 3.63) is 76.7 Å². The Bertz CT molecular complexity index is 1480. The van der Waals surface area contributed by atoms with Gasteiger partial charge < -0.3 is 10.3 Å². The fraction of sp³-hybridized carbons (Fsp3) is 0.231. The maximum Gasteiger partial charge on any atom is 0.253 e. The van der Waals surface area contributed by atoms with Crippen molar-refractivity contribution in [2.75, 3.05) is 12.0 Å². The first kappa shape index (κ1) is 23.8. The Labute approximate surface area is 216 Å². The fourth-order valence-corrected chi connectivity index (χ4v) is 6.57. The molecule has 6 nitrogen and oxygen atoms in total. The van der Waals surface area contributed by atoms with Gasteiger partial charge in [-0.15, -0.1) is 11.3 Å². The molecule has 2 aromatic carbocycles. The van der Waals surface area contributed by atoms with Crippen LogP contribution in [-0.2, 0) is 0 Å². The SMILES string of the molecule is CSCC[C@H](NC(=O)c1ccccc1Sc1ncnc2sc(C)c(C)c12)c1nc2ccccc2[nH]1. The van der Waals surface area contributed by atoms with Crippen LogP contribution in [0.25, 0.3) is 21.3 Å². The van der Waals surface area contributed by atoms with Gasteiger partial charge in [0.15, 0.2) is 0 Å². The highest BCUT2D eigenvalue weighted by Crippen LogP contribution is 2.38. The van der Waals surface area contributed by atoms with Crippen molar-refractivity contribution < 1.29 is 4.79 Å². The summed E-state index contributed by atoms with van der Waals surface area (Å²) in [6.07, 6.45) is 4.45. The highest BCUT2D eigenvalue weighted by molar-refractivity contribution is 7.99. The summed E-state index contributed by atoms with van der Waals surface area (Å²) >= 11 is 4.94. The first-order chi connectivity index (χ1) is 17.0. The molecule has 0 unspecified atom stereocenters. The minimum Gasteiger partial charge on any atom is -0.342 e. The number of aromatic amines is 1. The summed E-state index contributed by atoms with van der Waals surface area (Å²) in [4.78, 5) is 33.8. The van der Waals surface area contributed by atoms with E-state index < -0.39 is 0 Å². The van der Waals surface area contributed by atoms with Crippen LogP contribution in [0.3, 0.4) is 0 Å². The molecule has 9 heteroatoms. The summed E-state index contributed by atoms with van der Waals surface area (Å²) in [5.74, 6) is 1.57. The first-order valence-corrected chi connectivity index (χ1v) is 14.3. The molecule has 5 aromatic rings. The van der Waals surface area contributed by atoms with Crippen LogP contribution in [0.4, 0.5) is 0 Å². The van der Waals surface area contributed by atoms with Crippen molar-refractivity contribution in [1.29, 1.82) is 0 Å². The molecular weight excluding hydrogens is 495 g/mol. The average Bonchev–Trinajstić information content (AvgIpc) is 3.43. The van der Waals surface area contributed by atoms with E-state index in [-0.39, 0.29) is 11.9 Å². The molecule has 2 N–H and O–H groups in total. The zero-order valence-electron chi connectivity index (χ0n) is 19.7. The van der Waals surface area contributed by atoms with Gasteiger partial charge in [0.1, 0.15) is 22.0 Å². The molecule has 0 aliphatic carbocycles. The number of para-hydroxylation sites is 2. The van der Waals surface area contributed by atoms with Gasteiger partial charge in [-0.25, -0.2) is 15.0 Å². The molecule has 0 aliphatic heterocycles. The number of thiophene rings is 1. The van der Waals surface area contributed by atoms with Gasteiger partial charge in [0.25, 0.3) is 5.91 Å². The van der Waals surface area contributed by atoms with Gasteiger partial charge in [-0.2, -0.15) is 11.8 Å². The van der Waals surface area contributed by atoms with E-state index in [4.69, 9.17) is 4.98 Å². The summed E-state index contributed by atoms with van der Waals surface area (Å²) < 4.78 is 0. The fourth-order valence-electron chi connectivity index (χ4n) is 3.96. The molecule has 178 valence electrons. The zero-order chi connectivity index (χ0) is 24.4. The van der Waals surface area contributed by atoms with Gasteiger partial charge in [0, 0.05) is 15.2 Å². The number of hydrogen-bond acceptors (Lipinski definition) is 7. The number of aromatic nitrogens is 4. The summed E-state index contributed by atoms with van der Waals surface area (Å²) in [5.41, 5.74) is 3.68. The lowest BCUT2D eigenvalue weighted by atomic mass is 10.1. The minimum atomic E-state index is -0.215. The Kier molecular flexibility index (Phi) is 7.08. The second kappa shape index (κ2) is 10.4. The monoisotopic (exact) mass is 519 g/mol. The number of imidazole rings is 1. The lowest BCUT2D eigenvalue weighted by molar-refractivity contribution is 0.0931. The van der Waals surface area contributed by atoms with Gasteiger partial charge in [-0.3, -0.25) is 4.79 Å². The topological polar surface area (TPSA) is 83.6 Å². The third-order valence-electron chi connectivity index (χ3n) is 5.92. The summed E-state index contributed by atoms with van der Waals surface area (Å²) in [6, 6.07) is 15.4. The second-order valence-electron chi connectivity index (χ2n) is 8.19. The van der Waals surface area contributed by atoms with Gasteiger partial charge >= 0.3 is 0 Å². The van der Waals surface area contributed by atoms with Crippen LogP contribution < -0.4 is 5.32 Å². The molecule has 1 atom stereocenters. The molecule has 35 heavy (non-hydrogen) atoms. The summed E-state index contributed by atoms with van der Waals surface area (Å²) in [5, 5.41) is 5.17. The standard InChI is InChI=1S/C26H25N5OS3/c1-15-16(2)34-25-22(15)26(28-14-27-25)35-21-11-7-4-8-17(21)24(32)31-20(12-13-33-3)23-29-18-9-5-6-10-19(18)30-23/h4-11,14,20H,12-13H2,1-3H3,(H,29,30)(H,31,32)/t20-/m0/s1. The van der Waals surface area contributed by atoms with E-state index in [0.717, 1.165) is 49.2 Å². The zero-order valence-corrected chi connectivity index (χ0v) is 22.1. The Hall–Kier alpha value is -2.88. The summed E-state index contributed by atoms with van der Waals surface area (Å²) in [7, 11) is 0. The molecule has 3 heterocycles. The van der Waals surface area contributed by atoms with Crippen LogP contribution in [0, 0.1) is 13.8 Å². The number of fused-ring (bicyclic) bond motifs is 2. The van der Waals surface area contributed by atoms with Gasteiger partial charge in [-0.1, -0.05) is 36.0 Å². The third kappa shape index (κ3) is 4.94. The lowest BCUT2D eigenvalue weighted by Gasteiger charge is -2.17. The minimum absolute atomic E-state index is 0.122. The van der Waals surface area contributed by atoms with Crippen LogP contribution in [-0.4, -0.2) is 37.9 Å². The van der Waals surface area contributed by atoms with E-state index in [2.05, 4.69) is 40.4 Å². The normalized spacial score (nSPS) is 12.3. The van der Waals surface area contributed by atoms with Crippen molar-refractivity contribution in [3.8, 4) is 0 Å². The number of thioether (sulfide) groups is 1. The van der Waals surface area contributed by atoms with Crippen LogP contribution in [0.15, 0.2) is 64.8 Å². The van der Waals surface area contributed by atoms with Crippen LogP contribution in [0.5, 0.6) is 0 Å². The number of carbonyl (C=O) groups is 1. The quantitative estimate of drug-likeness (QED) is 0.226. The number of amides is 1. The Morgan fingerprint density at radius 2 is 1.91 bits per heavy atom. The number of rotatable bonds is 8. The highest BCUT2D eigenvalue weighted by atomic mass is 32.2. The van der Waals surface area contributed by atoms with E-state index in [1.165, 1.54) is 22.2 Å². The van der Waals surface area contributed by atoms with Crippen LogP contribution in [0.2, 0.25) is 0 Å². The van der Waals surface area contributed by atoms with E-state index in [1.807, 2.05) is 48.5 Å². The Morgan fingerprint density at radius 1 is 1.11 bits per heavy atom. The van der Waals surface area contributed by atoms with Gasteiger partial charge in [0.05, 0.1) is 22.6 Å². The smallest absolute Gasteiger partial charge is 0.253 e. The number of aryl methyl sites for hydroxylation is 2. The predicted molar refractivity (Wildman–Crippen MR) is 147 cm³/mol. The molecule has 5 rings (SSSR count). The molecule has 3 aromatic heterocycles. The number of nitrogens with zero attached hydrogens (tertiary/aromatic N) is 3. The van der Waals surface area contributed by atoms with Crippen molar-refractivity contribution in [2.45, 2.75) is 36.2 Å². The van der Waals surface area contributed by atoms with Gasteiger partial charge in [0.2, 0.25) is 0 Å². The van der Waals surface area contributed by atoms with E-state index in [9.17, 15) is 4.79 Å². The Morgan fingerprint density at radius 3 is 2.74 bits per heavy atom. The number of hydrogen-bond donors (Lipinski definition) is 2. The van der Waals surface area contributed by atoms with E-state index >= 15 is 0 Å². The van der Waals surface area contributed by atoms with Crippen molar-refractivity contribution >= 4 is 62.0 Å². The molecule has 0 aliphatic rings. The van der Waals surface area contributed by atoms with Gasteiger partial charge in [-0.05, 0) is 62.1 Å². The average molecular weight is 520 g/mol. The molecule has 0 spiro atoms. The molecule has 0 fully saturated rings. The van der Waals surface area contributed by atoms with Crippen LogP contribution in [0.1, 0.15) is 39.1 Å².